The van der Waals surface area contributed by atoms with Gasteiger partial charge in [-0.3, -0.25) is 4.79 Å². The fourth-order valence-corrected chi connectivity index (χ4v) is 4.25. The Morgan fingerprint density at radius 1 is 0.885 bits per heavy atom. The van der Waals surface area contributed by atoms with E-state index in [4.69, 9.17) is 10.5 Å². The van der Waals surface area contributed by atoms with Crippen LogP contribution in [0.4, 0.5) is 10.7 Å². The first-order chi connectivity index (χ1) is 12.7. The highest BCUT2D eigenvalue weighted by atomic mass is 32.1. The number of nitrogens with two attached hydrogens (primary N) is 1. The third-order valence-electron chi connectivity index (χ3n) is 4.44. The minimum Gasteiger partial charge on any atom is -0.399 e. The molecule has 0 aliphatic carbocycles. The second-order valence-electron chi connectivity index (χ2n) is 6.30. The van der Waals surface area contributed by atoms with Crippen LogP contribution in [0.2, 0.25) is 0 Å². The lowest BCUT2D eigenvalue weighted by Gasteiger charge is -2.28. The number of ether oxygens (including phenoxy) is 1. The highest BCUT2D eigenvalue weighted by Gasteiger charge is 2.14. The molecule has 4 nitrogen and oxygen atoms in total. The summed E-state index contributed by atoms with van der Waals surface area (Å²) in [6, 6.07) is 19.5. The summed E-state index contributed by atoms with van der Waals surface area (Å²) >= 11 is 1.65. The summed E-state index contributed by atoms with van der Waals surface area (Å²) in [4.78, 5) is 15.5. The predicted molar refractivity (Wildman–Crippen MR) is 109 cm³/mol. The number of nitrogen functional groups attached to an aromatic ring is 1. The number of rotatable bonds is 3. The van der Waals surface area contributed by atoms with Crippen LogP contribution in [0, 0.1) is 0 Å². The maximum atomic E-state index is 12.3. The lowest BCUT2D eigenvalue weighted by Crippen LogP contribution is -2.36. The number of anilines is 2. The molecule has 1 fully saturated rings. The van der Waals surface area contributed by atoms with E-state index in [1.807, 2.05) is 36.4 Å². The zero-order chi connectivity index (χ0) is 17.9. The van der Waals surface area contributed by atoms with Gasteiger partial charge in [0.05, 0.1) is 18.2 Å². The van der Waals surface area contributed by atoms with E-state index in [1.54, 1.807) is 23.5 Å². The SMILES string of the molecule is Nc1cccc(-c2cccc(-c3cc(=O)cc(N4CCOCC4)s3)c2)c1. The Bertz CT molecular complexity index is 977. The van der Waals surface area contributed by atoms with Gasteiger partial charge in [0.25, 0.3) is 0 Å². The molecular formula is C21H20N2O2S. The predicted octanol–water partition coefficient (Wildman–Crippen LogP) is 3.86. The van der Waals surface area contributed by atoms with E-state index < -0.39 is 0 Å². The van der Waals surface area contributed by atoms with Crippen LogP contribution in [0.1, 0.15) is 0 Å². The number of hydrogen-bond acceptors (Lipinski definition) is 5. The van der Waals surface area contributed by atoms with Crippen molar-refractivity contribution >= 4 is 22.0 Å². The fraction of sp³-hybridized carbons (Fsp3) is 0.190. The van der Waals surface area contributed by atoms with Crippen LogP contribution in [0.5, 0.6) is 0 Å². The molecule has 132 valence electrons. The molecule has 0 saturated carbocycles. The molecule has 26 heavy (non-hydrogen) atoms. The van der Waals surface area contributed by atoms with Gasteiger partial charge in [0.15, 0.2) is 5.43 Å². The van der Waals surface area contributed by atoms with Crippen LogP contribution >= 0.6 is 11.3 Å². The lowest BCUT2D eigenvalue weighted by atomic mass is 10.0. The van der Waals surface area contributed by atoms with E-state index in [2.05, 4.69) is 17.0 Å². The largest absolute Gasteiger partial charge is 0.399 e. The topological polar surface area (TPSA) is 55.6 Å². The van der Waals surface area contributed by atoms with Gasteiger partial charge in [0.2, 0.25) is 0 Å². The van der Waals surface area contributed by atoms with E-state index >= 15 is 0 Å². The molecule has 2 heterocycles. The minimum absolute atomic E-state index is 0.0367. The van der Waals surface area contributed by atoms with Gasteiger partial charge < -0.3 is 15.4 Å². The minimum atomic E-state index is 0.0367. The van der Waals surface area contributed by atoms with E-state index in [9.17, 15) is 4.79 Å². The van der Waals surface area contributed by atoms with E-state index in [0.29, 0.717) is 13.2 Å². The van der Waals surface area contributed by atoms with Gasteiger partial charge in [-0.1, -0.05) is 30.3 Å². The average Bonchev–Trinajstić information content (AvgIpc) is 2.68. The Morgan fingerprint density at radius 2 is 1.58 bits per heavy atom. The molecule has 0 spiro atoms. The first-order valence-corrected chi connectivity index (χ1v) is 9.45. The molecule has 1 aliphatic heterocycles. The van der Waals surface area contributed by atoms with Gasteiger partial charge >= 0.3 is 0 Å². The summed E-state index contributed by atoms with van der Waals surface area (Å²) in [6.45, 7) is 3.05. The number of hydrogen-bond donors (Lipinski definition) is 1. The standard InChI is InChI=1S/C21H20N2O2S/c22-18-6-2-4-16(12-18)15-3-1-5-17(11-15)20-13-19(24)14-21(26-20)23-7-9-25-10-8-23/h1-6,11-14H,7-10,22H2. The molecule has 0 unspecified atom stereocenters. The average molecular weight is 364 g/mol. The Morgan fingerprint density at radius 3 is 2.35 bits per heavy atom. The molecule has 0 bridgehead atoms. The third kappa shape index (κ3) is 3.64. The van der Waals surface area contributed by atoms with Crippen molar-refractivity contribution < 1.29 is 4.74 Å². The molecular weight excluding hydrogens is 344 g/mol. The fourth-order valence-electron chi connectivity index (χ4n) is 3.12. The maximum Gasteiger partial charge on any atom is 0.182 e. The summed E-state index contributed by atoms with van der Waals surface area (Å²) in [5, 5.41) is 1.00. The van der Waals surface area contributed by atoms with Gasteiger partial charge in [-0.05, 0) is 34.9 Å². The first-order valence-electron chi connectivity index (χ1n) is 8.63. The Hall–Kier alpha value is -2.63. The summed E-state index contributed by atoms with van der Waals surface area (Å²) in [6.07, 6.45) is 0. The van der Waals surface area contributed by atoms with Crippen molar-refractivity contribution in [1.29, 1.82) is 0 Å². The molecule has 1 aromatic heterocycles. The van der Waals surface area contributed by atoms with Gasteiger partial charge in [0, 0.05) is 35.8 Å². The zero-order valence-corrected chi connectivity index (χ0v) is 15.2. The van der Waals surface area contributed by atoms with E-state index in [-0.39, 0.29) is 5.43 Å². The van der Waals surface area contributed by atoms with Crippen LogP contribution in [0.25, 0.3) is 21.6 Å². The van der Waals surface area contributed by atoms with Crippen LogP contribution in [-0.2, 0) is 4.74 Å². The molecule has 0 radical (unpaired) electrons. The molecule has 3 aromatic rings. The lowest BCUT2D eigenvalue weighted by molar-refractivity contribution is 0.123. The quantitative estimate of drug-likeness (QED) is 0.717. The van der Waals surface area contributed by atoms with Crippen molar-refractivity contribution in [3.8, 4) is 21.6 Å². The van der Waals surface area contributed by atoms with Gasteiger partial charge in [-0.25, -0.2) is 0 Å². The van der Waals surface area contributed by atoms with E-state index in [1.165, 1.54) is 0 Å². The molecule has 2 N–H and O–H groups in total. The molecule has 0 amide bonds. The first kappa shape index (κ1) is 16.8. The normalized spacial score (nSPS) is 14.4. The maximum absolute atomic E-state index is 12.3. The van der Waals surface area contributed by atoms with Crippen LogP contribution in [0.15, 0.2) is 65.5 Å². The van der Waals surface area contributed by atoms with E-state index in [0.717, 1.165) is 45.3 Å². The third-order valence-corrected chi connectivity index (χ3v) is 5.60. The van der Waals surface area contributed by atoms with Gasteiger partial charge in [0.1, 0.15) is 0 Å². The van der Waals surface area contributed by atoms with Crippen molar-refractivity contribution in [3.63, 3.8) is 0 Å². The van der Waals surface area contributed by atoms with Crippen molar-refractivity contribution in [2.45, 2.75) is 0 Å². The summed E-state index contributed by atoms with van der Waals surface area (Å²) < 4.78 is 5.42. The highest BCUT2D eigenvalue weighted by Crippen LogP contribution is 2.32. The Labute approximate surface area is 156 Å². The summed E-state index contributed by atoms with van der Waals surface area (Å²) in [7, 11) is 0. The van der Waals surface area contributed by atoms with Gasteiger partial charge in [-0.2, -0.15) is 0 Å². The second-order valence-corrected chi connectivity index (χ2v) is 7.36. The highest BCUT2D eigenvalue weighted by molar-refractivity contribution is 7.19. The molecule has 1 saturated heterocycles. The molecule has 1 aliphatic rings. The smallest absolute Gasteiger partial charge is 0.182 e. The molecule has 4 rings (SSSR count). The van der Waals surface area contributed by atoms with Crippen LogP contribution < -0.4 is 16.1 Å². The van der Waals surface area contributed by atoms with Crippen LogP contribution in [-0.4, -0.2) is 26.3 Å². The number of morpholine rings is 1. The molecule has 2 aromatic carbocycles. The summed E-state index contributed by atoms with van der Waals surface area (Å²) in [5.41, 5.74) is 9.90. The van der Waals surface area contributed by atoms with Crippen LogP contribution in [0.3, 0.4) is 0 Å². The zero-order valence-electron chi connectivity index (χ0n) is 14.4. The molecule has 0 atom stereocenters. The monoisotopic (exact) mass is 364 g/mol. The Kier molecular flexibility index (Phi) is 4.73. The second kappa shape index (κ2) is 7.32. The summed E-state index contributed by atoms with van der Waals surface area (Å²) in [5.74, 6) is 0. The van der Waals surface area contributed by atoms with Crippen molar-refractivity contribution in [2.24, 2.45) is 0 Å². The van der Waals surface area contributed by atoms with Crippen molar-refractivity contribution in [3.05, 3.63) is 70.9 Å². The Balaban J connectivity index is 1.72. The number of benzene rings is 2. The van der Waals surface area contributed by atoms with Gasteiger partial charge in [-0.15, -0.1) is 11.3 Å². The number of nitrogens with zero attached hydrogens (tertiary/aromatic N) is 1. The van der Waals surface area contributed by atoms with Crippen molar-refractivity contribution in [2.75, 3.05) is 36.9 Å². The molecule has 5 heteroatoms. The van der Waals surface area contributed by atoms with Crippen molar-refractivity contribution in [1.82, 2.24) is 0 Å².